The van der Waals surface area contributed by atoms with Crippen molar-refractivity contribution in [2.45, 2.75) is 19.5 Å². The summed E-state index contributed by atoms with van der Waals surface area (Å²) in [4.78, 5) is 18.7. The summed E-state index contributed by atoms with van der Waals surface area (Å²) in [6.07, 6.45) is 0. The van der Waals surface area contributed by atoms with Crippen molar-refractivity contribution in [1.82, 2.24) is 15.2 Å². The highest BCUT2D eigenvalue weighted by Crippen LogP contribution is 2.22. The van der Waals surface area contributed by atoms with Gasteiger partial charge in [0.25, 0.3) is 0 Å². The summed E-state index contributed by atoms with van der Waals surface area (Å²) in [5, 5.41) is 4.92. The van der Waals surface area contributed by atoms with Crippen molar-refractivity contribution in [3.8, 4) is 0 Å². The van der Waals surface area contributed by atoms with E-state index in [1.807, 2.05) is 62.5 Å². The summed E-state index contributed by atoms with van der Waals surface area (Å²) in [6, 6.07) is 15.7. The van der Waals surface area contributed by atoms with Gasteiger partial charge < -0.3 is 10.2 Å². The maximum Gasteiger partial charge on any atom is 0.236 e. The van der Waals surface area contributed by atoms with Crippen LogP contribution in [0.2, 0.25) is 5.02 Å². The van der Waals surface area contributed by atoms with Crippen LogP contribution >= 0.6 is 22.9 Å². The van der Waals surface area contributed by atoms with E-state index in [0.717, 1.165) is 20.8 Å². The Labute approximate surface area is 156 Å². The summed E-state index contributed by atoms with van der Waals surface area (Å²) in [5.41, 5.74) is 2.09. The predicted octanol–water partition coefficient (Wildman–Crippen LogP) is 4.26. The molecule has 0 unspecified atom stereocenters. The van der Waals surface area contributed by atoms with Gasteiger partial charge in [-0.15, -0.1) is 11.3 Å². The van der Waals surface area contributed by atoms with E-state index in [1.165, 1.54) is 0 Å². The van der Waals surface area contributed by atoms with Crippen molar-refractivity contribution >= 4 is 39.1 Å². The third kappa shape index (κ3) is 4.57. The van der Waals surface area contributed by atoms with Crippen LogP contribution in [0.1, 0.15) is 23.5 Å². The SMILES string of the molecule is C[C@@H](NCC(=O)N(C)Cc1nc2ccccc2s1)c1ccc(Cl)cc1. The first kappa shape index (κ1) is 17.9. The number of thiazole rings is 1. The highest BCUT2D eigenvalue weighted by Gasteiger charge is 2.14. The Balaban J connectivity index is 1.54. The number of aromatic nitrogens is 1. The lowest BCUT2D eigenvalue weighted by Gasteiger charge is -2.19. The Bertz CT molecular complexity index is 829. The molecule has 2 aromatic carbocycles. The van der Waals surface area contributed by atoms with Gasteiger partial charge in [0.05, 0.1) is 23.3 Å². The lowest BCUT2D eigenvalue weighted by Crippen LogP contribution is -2.36. The number of nitrogens with one attached hydrogen (secondary N) is 1. The van der Waals surface area contributed by atoms with Gasteiger partial charge in [-0.05, 0) is 36.8 Å². The van der Waals surface area contributed by atoms with Gasteiger partial charge in [0.2, 0.25) is 5.91 Å². The standard InChI is InChI=1S/C19H20ClN3OS/c1-13(14-7-9-15(20)10-8-14)21-11-19(24)23(2)12-18-22-16-5-3-4-6-17(16)25-18/h3-10,13,21H,11-12H2,1-2H3/t13-/m1/s1. The molecular formula is C19H20ClN3OS. The van der Waals surface area contributed by atoms with Crippen LogP contribution in [0.4, 0.5) is 0 Å². The number of carbonyl (C=O) groups is 1. The number of fused-ring (bicyclic) bond motifs is 1. The van der Waals surface area contributed by atoms with E-state index in [-0.39, 0.29) is 18.5 Å². The minimum Gasteiger partial charge on any atom is -0.338 e. The smallest absolute Gasteiger partial charge is 0.236 e. The van der Waals surface area contributed by atoms with Crippen molar-refractivity contribution in [1.29, 1.82) is 0 Å². The maximum atomic E-state index is 12.4. The number of amides is 1. The molecule has 0 saturated heterocycles. The van der Waals surface area contributed by atoms with E-state index in [0.29, 0.717) is 11.6 Å². The van der Waals surface area contributed by atoms with Crippen LogP contribution in [-0.2, 0) is 11.3 Å². The summed E-state index contributed by atoms with van der Waals surface area (Å²) in [6.45, 7) is 2.84. The third-order valence-electron chi connectivity index (χ3n) is 4.07. The quantitative estimate of drug-likeness (QED) is 0.702. The van der Waals surface area contributed by atoms with Gasteiger partial charge in [-0.25, -0.2) is 4.98 Å². The topological polar surface area (TPSA) is 45.2 Å². The number of benzene rings is 2. The first-order valence-electron chi connectivity index (χ1n) is 8.10. The third-order valence-corrected chi connectivity index (χ3v) is 5.34. The molecule has 0 saturated carbocycles. The Morgan fingerprint density at radius 2 is 1.96 bits per heavy atom. The zero-order valence-corrected chi connectivity index (χ0v) is 15.8. The van der Waals surface area contributed by atoms with E-state index >= 15 is 0 Å². The molecule has 1 N–H and O–H groups in total. The van der Waals surface area contributed by atoms with E-state index in [4.69, 9.17) is 11.6 Å². The van der Waals surface area contributed by atoms with Crippen molar-refractivity contribution in [3.05, 3.63) is 64.1 Å². The van der Waals surface area contributed by atoms with E-state index in [1.54, 1.807) is 16.2 Å². The first-order chi connectivity index (χ1) is 12.0. The first-order valence-corrected chi connectivity index (χ1v) is 9.29. The van der Waals surface area contributed by atoms with Gasteiger partial charge in [-0.3, -0.25) is 4.79 Å². The molecule has 25 heavy (non-hydrogen) atoms. The number of hydrogen-bond acceptors (Lipinski definition) is 4. The molecule has 3 rings (SSSR count). The van der Waals surface area contributed by atoms with Crippen LogP contribution in [0.25, 0.3) is 10.2 Å². The number of rotatable bonds is 6. The molecule has 0 spiro atoms. The largest absolute Gasteiger partial charge is 0.338 e. The summed E-state index contributed by atoms with van der Waals surface area (Å²) in [5.74, 6) is 0.0417. The molecule has 4 nitrogen and oxygen atoms in total. The maximum absolute atomic E-state index is 12.4. The van der Waals surface area contributed by atoms with Gasteiger partial charge in [0, 0.05) is 18.1 Å². The number of hydrogen-bond donors (Lipinski definition) is 1. The summed E-state index contributed by atoms with van der Waals surface area (Å²) < 4.78 is 1.15. The lowest BCUT2D eigenvalue weighted by molar-refractivity contribution is -0.129. The Morgan fingerprint density at radius 1 is 1.24 bits per heavy atom. The predicted molar refractivity (Wildman–Crippen MR) is 104 cm³/mol. The van der Waals surface area contributed by atoms with Crippen LogP contribution in [-0.4, -0.2) is 29.4 Å². The Morgan fingerprint density at radius 3 is 2.68 bits per heavy atom. The van der Waals surface area contributed by atoms with Crippen molar-refractivity contribution in [2.24, 2.45) is 0 Å². The van der Waals surface area contributed by atoms with Crippen LogP contribution < -0.4 is 5.32 Å². The monoisotopic (exact) mass is 373 g/mol. The van der Waals surface area contributed by atoms with Gasteiger partial charge in [0.1, 0.15) is 5.01 Å². The van der Waals surface area contributed by atoms with Crippen LogP contribution in [0.15, 0.2) is 48.5 Å². The van der Waals surface area contributed by atoms with E-state index < -0.39 is 0 Å². The minimum absolute atomic E-state index is 0.0417. The normalized spacial score (nSPS) is 12.3. The number of likely N-dealkylation sites (N-methyl/N-ethyl adjacent to an activating group) is 1. The van der Waals surface area contributed by atoms with Gasteiger partial charge in [-0.2, -0.15) is 0 Å². The molecule has 130 valence electrons. The highest BCUT2D eigenvalue weighted by molar-refractivity contribution is 7.18. The molecular weight excluding hydrogens is 354 g/mol. The van der Waals surface area contributed by atoms with Gasteiger partial charge >= 0.3 is 0 Å². The molecule has 0 aliphatic rings. The average Bonchev–Trinajstić information content (AvgIpc) is 3.02. The second kappa shape index (κ2) is 7.95. The molecule has 0 bridgehead atoms. The molecule has 1 aromatic heterocycles. The molecule has 0 fully saturated rings. The lowest BCUT2D eigenvalue weighted by atomic mass is 10.1. The van der Waals surface area contributed by atoms with Crippen LogP contribution in [0, 0.1) is 0 Å². The molecule has 1 heterocycles. The van der Waals surface area contributed by atoms with Crippen molar-refractivity contribution in [3.63, 3.8) is 0 Å². The van der Waals surface area contributed by atoms with Gasteiger partial charge in [-0.1, -0.05) is 35.9 Å². The Hall–Kier alpha value is -1.95. The molecule has 0 aliphatic heterocycles. The summed E-state index contributed by atoms with van der Waals surface area (Å²) >= 11 is 7.53. The van der Waals surface area contributed by atoms with Crippen LogP contribution in [0.5, 0.6) is 0 Å². The zero-order chi connectivity index (χ0) is 17.8. The Kier molecular flexibility index (Phi) is 5.68. The number of carbonyl (C=O) groups excluding carboxylic acids is 1. The molecule has 1 atom stereocenters. The van der Waals surface area contributed by atoms with Crippen molar-refractivity contribution < 1.29 is 4.79 Å². The van der Waals surface area contributed by atoms with Gasteiger partial charge in [0.15, 0.2) is 0 Å². The van der Waals surface area contributed by atoms with E-state index in [9.17, 15) is 4.79 Å². The molecule has 0 radical (unpaired) electrons. The second-order valence-corrected chi connectivity index (χ2v) is 7.53. The molecule has 1 amide bonds. The minimum atomic E-state index is 0.0417. The fraction of sp³-hybridized carbons (Fsp3) is 0.263. The zero-order valence-electron chi connectivity index (χ0n) is 14.2. The molecule has 3 aromatic rings. The average molecular weight is 374 g/mol. The second-order valence-electron chi connectivity index (χ2n) is 5.98. The van der Waals surface area contributed by atoms with Crippen LogP contribution in [0.3, 0.4) is 0 Å². The molecule has 6 heteroatoms. The molecule has 0 aliphatic carbocycles. The fourth-order valence-corrected chi connectivity index (χ4v) is 3.67. The highest BCUT2D eigenvalue weighted by atomic mass is 35.5. The number of halogens is 1. The van der Waals surface area contributed by atoms with Crippen molar-refractivity contribution in [2.75, 3.05) is 13.6 Å². The van der Waals surface area contributed by atoms with E-state index in [2.05, 4.69) is 10.3 Å². The fourth-order valence-electron chi connectivity index (χ4n) is 2.52. The number of nitrogens with zero attached hydrogens (tertiary/aromatic N) is 2. The summed E-state index contributed by atoms with van der Waals surface area (Å²) in [7, 11) is 1.81. The number of para-hydroxylation sites is 1.